The molecule has 2 fully saturated rings. The second-order valence-electron chi connectivity index (χ2n) is 7.81. The lowest BCUT2D eigenvalue weighted by Crippen LogP contribution is -2.26. The van der Waals surface area contributed by atoms with E-state index < -0.39 is 12.0 Å². The van der Waals surface area contributed by atoms with Crippen LogP contribution in [0.15, 0.2) is 36.4 Å². The first-order valence-corrected chi connectivity index (χ1v) is 9.78. The summed E-state index contributed by atoms with van der Waals surface area (Å²) < 4.78 is 5.65. The van der Waals surface area contributed by atoms with Crippen LogP contribution >= 0.6 is 0 Å². The summed E-state index contributed by atoms with van der Waals surface area (Å²) in [6, 6.07) is 11.1. The van der Waals surface area contributed by atoms with E-state index in [-0.39, 0.29) is 35.5 Å². The van der Waals surface area contributed by atoms with Crippen molar-refractivity contribution in [3.05, 3.63) is 64.5 Å². The number of benzene rings is 1. The lowest BCUT2D eigenvalue weighted by Gasteiger charge is -2.20. The third kappa shape index (κ3) is 3.41. The molecule has 152 valence electrons. The van der Waals surface area contributed by atoms with Gasteiger partial charge in [-0.2, -0.15) is 0 Å². The maximum atomic E-state index is 12.7. The number of hydrogen-bond donors (Lipinski definition) is 3. The number of pyridine rings is 1. The Labute approximate surface area is 169 Å². The summed E-state index contributed by atoms with van der Waals surface area (Å²) in [6.07, 6.45) is 0.498. The third-order valence-corrected chi connectivity index (χ3v) is 6.15. The summed E-state index contributed by atoms with van der Waals surface area (Å²) in [5.74, 6) is -0.425. The standard InChI is InChI=1S/C22H25N3O4/c1-24-22(28)19-18(17-13-8-12(26)9-14(13)17)15(21(23)27)10-16(25-19)20(29-2)11-6-4-3-5-7-11/h3-7,10,12-14,17,20,26H,8-9H2,1-2H3,(H2,23,27)(H,24,28)/t12?,13-,14+,17?,20?. The van der Waals surface area contributed by atoms with Crippen molar-refractivity contribution in [3.63, 3.8) is 0 Å². The van der Waals surface area contributed by atoms with Crippen LogP contribution in [0.5, 0.6) is 0 Å². The van der Waals surface area contributed by atoms with Gasteiger partial charge in [-0.25, -0.2) is 4.98 Å². The minimum Gasteiger partial charge on any atom is -0.393 e. The third-order valence-electron chi connectivity index (χ3n) is 6.15. The van der Waals surface area contributed by atoms with Gasteiger partial charge < -0.3 is 20.9 Å². The van der Waals surface area contributed by atoms with Gasteiger partial charge in [0, 0.05) is 19.7 Å². The Balaban J connectivity index is 1.84. The summed E-state index contributed by atoms with van der Waals surface area (Å²) in [5.41, 5.74) is 8.17. The second kappa shape index (κ2) is 7.57. The molecule has 2 aliphatic carbocycles. The van der Waals surface area contributed by atoms with Crippen LogP contribution in [0.1, 0.15) is 62.5 Å². The van der Waals surface area contributed by atoms with Crippen molar-refractivity contribution in [3.8, 4) is 0 Å². The molecule has 1 aromatic carbocycles. The molecular weight excluding hydrogens is 370 g/mol. The number of rotatable bonds is 6. The molecule has 0 aliphatic heterocycles. The summed E-state index contributed by atoms with van der Waals surface area (Å²) >= 11 is 0. The minimum atomic E-state index is -0.595. The zero-order chi connectivity index (χ0) is 20.7. The largest absolute Gasteiger partial charge is 0.393 e. The lowest BCUT2D eigenvalue weighted by molar-refractivity contribution is 0.0954. The number of nitrogens with one attached hydrogen (secondary N) is 1. The van der Waals surface area contributed by atoms with Gasteiger partial charge in [0.25, 0.3) is 5.91 Å². The molecular formula is C22H25N3O4. The van der Waals surface area contributed by atoms with Crippen molar-refractivity contribution in [2.45, 2.75) is 31.0 Å². The van der Waals surface area contributed by atoms with E-state index in [4.69, 9.17) is 10.5 Å². The first kappa shape index (κ1) is 19.5. The predicted molar refractivity (Wildman–Crippen MR) is 106 cm³/mol. The quantitative estimate of drug-likeness (QED) is 0.689. The highest BCUT2D eigenvalue weighted by Gasteiger charge is 2.58. The van der Waals surface area contributed by atoms with E-state index in [0.29, 0.717) is 29.7 Å². The van der Waals surface area contributed by atoms with E-state index in [0.717, 1.165) is 5.56 Å². The van der Waals surface area contributed by atoms with Crippen LogP contribution in [0.25, 0.3) is 0 Å². The van der Waals surface area contributed by atoms with Crippen molar-refractivity contribution in [1.82, 2.24) is 10.3 Å². The fourth-order valence-electron chi connectivity index (χ4n) is 4.84. The van der Waals surface area contributed by atoms with Gasteiger partial charge in [0.2, 0.25) is 5.91 Å². The van der Waals surface area contributed by atoms with Crippen LogP contribution in [-0.4, -0.2) is 42.2 Å². The normalized spacial score (nSPS) is 25.9. The number of aromatic nitrogens is 1. The molecule has 0 saturated heterocycles. The van der Waals surface area contributed by atoms with Gasteiger partial charge in [0.15, 0.2) is 0 Å². The zero-order valence-electron chi connectivity index (χ0n) is 16.5. The molecule has 7 heteroatoms. The summed E-state index contributed by atoms with van der Waals surface area (Å²) in [4.78, 5) is 29.7. The molecule has 0 spiro atoms. The molecule has 4 N–H and O–H groups in total. The predicted octanol–water partition coefficient (Wildman–Crippen LogP) is 1.76. The molecule has 7 nitrogen and oxygen atoms in total. The summed E-state index contributed by atoms with van der Waals surface area (Å²) in [6.45, 7) is 0. The van der Waals surface area contributed by atoms with Crippen LogP contribution in [0, 0.1) is 11.8 Å². The molecule has 2 aromatic rings. The molecule has 2 amide bonds. The number of carbonyl (C=O) groups excluding carboxylic acids is 2. The van der Waals surface area contributed by atoms with Gasteiger partial charge in [0.1, 0.15) is 11.8 Å². The zero-order valence-corrected chi connectivity index (χ0v) is 16.5. The molecule has 5 atom stereocenters. The van der Waals surface area contributed by atoms with Crippen molar-refractivity contribution >= 4 is 11.8 Å². The first-order chi connectivity index (χ1) is 14.0. The highest BCUT2D eigenvalue weighted by Crippen LogP contribution is 2.64. The number of carbonyl (C=O) groups is 2. The topological polar surface area (TPSA) is 115 Å². The molecule has 2 saturated carbocycles. The van der Waals surface area contributed by atoms with Crippen molar-refractivity contribution < 1.29 is 19.4 Å². The van der Waals surface area contributed by atoms with E-state index in [1.54, 1.807) is 13.2 Å². The molecule has 0 bridgehead atoms. The Morgan fingerprint density at radius 1 is 1.24 bits per heavy atom. The van der Waals surface area contributed by atoms with Crippen LogP contribution in [0.2, 0.25) is 0 Å². The molecule has 1 aromatic heterocycles. The second-order valence-corrected chi connectivity index (χ2v) is 7.81. The van der Waals surface area contributed by atoms with Crippen LogP contribution in [0.4, 0.5) is 0 Å². The maximum Gasteiger partial charge on any atom is 0.269 e. The van der Waals surface area contributed by atoms with Crippen LogP contribution in [0.3, 0.4) is 0 Å². The van der Waals surface area contributed by atoms with Crippen LogP contribution < -0.4 is 11.1 Å². The van der Waals surface area contributed by atoms with Gasteiger partial charge in [0.05, 0.1) is 11.8 Å². The Hall–Kier alpha value is -2.77. The fourth-order valence-corrected chi connectivity index (χ4v) is 4.84. The van der Waals surface area contributed by atoms with Crippen molar-refractivity contribution in [1.29, 1.82) is 0 Å². The van der Waals surface area contributed by atoms with E-state index in [9.17, 15) is 14.7 Å². The number of amides is 2. The molecule has 29 heavy (non-hydrogen) atoms. The van der Waals surface area contributed by atoms with Gasteiger partial charge >= 0.3 is 0 Å². The van der Waals surface area contributed by atoms with Gasteiger partial charge in [-0.15, -0.1) is 0 Å². The van der Waals surface area contributed by atoms with E-state index in [1.807, 2.05) is 30.3 Å². The Bertz CT molecular complexity index is 935. The number of aliphatic hydroxyl groups is 1. The number of nitrogens with zero attached hydrogens (tertiary/aromatic N) is 1. The highest BCUT2D eigenvalue weighted by molar-refractivity contribution is 6.01. The summed E-state index contributed by atoms with van der Waals surface area (Å²) in [7, 11) is 3.09. The Morgan fingerprint density at radius 2 is 1.90 bits per heavy atom. The number of aliphatic hydroxyl groups excluding tert-OH is 1. The SMILES string of the molecule is CNC(=O)c1nc(C(OC)c2ccccc2)cc(C(N)=O)c1C1[C@H]2CC(O)C[C@@H]12. The monoisotopic (exact) mass is 395 g/mol. The molecule has 0 radical (unpaired) electrons. The molecule has 2 aliphatic rings. The maximum absolute atomic E-state index is 12.7. The lowest BCUT2D eigenvalue weighted by atomic mass is 9.93. The number of ether oxygens (including phenoxy) is 1. The molecule has 1 heterocycles. The number of hydrogen-bond acceptors (Lipinski definition) is 5. The smallest absolute Gasteiger partial charge is 0.269 e. The van der Waals surface area contributed by atoms with Crippen molar-refractivity contribution in [2.24, 2.45) is 17.6 Å². The van der Waals surface area contributed by atoms with Crippen LogP contribution in [-0.2, 0) is 4.74 Å². The highest BCUT2D eigenvalue weighted by atomic mass is 16.5. The van der Waals surface area contributed by atoms with E-state index in [2.05, 4.69) is 10.3 Å². The van der Waals surface area contributed by atoms with Crippen molar-refractivity contribution in [2.75, 3.05) is 14.2 Å². The average Bonchev–Trinajstić information content (AvgIpc) is 3.22. The molecule has 4 rings (SSSR count). The fraction of sp³-hybridized carbons (Fsp3) is 0.409. The molecule has 3 unspecified atom stereocenters. The van der Waals surface area contributed by atoms with E-state index >= 15 is 0 Å². The van der Waals surface area contributed by atoms with Gasteiger partial charge in [-0.1, -0.05) is 30.3 Å². The Morgan fingerprint density at radius 3 is 2.45 bits per heavy atom. The minimum absolute atomic E-state index is 0.0208. The number of fused-ring (bicyclic) bond motifs is 1. The number of nitrogens with two attached hydrogens (primary N) is 1. The number of methoxy groups -OCH3 is 1. The first-order valence-electron chi connectivity index (χ1n) is 9.78. The Kier molecular flexibility index (Phi) is 5.10. The van der Waals surface area contributed by atoms with Gasteiger partial charge in [-0.3, -0.25) is 9.59 Å². The number of primary amides is 1. The van der Waals surface area contributed by atoms with E-state index in [1.165, 1.54) is 7.05 Å². The average molecular weight is 395 g/mol. The van der Waals surface area contributed by atoms with Gasteiger partial charge in [-0.05, 0) is 47.8 Å². The summed E-state index contributed by atoms with van der Waals surface area (Å²) in [5, 5.41) is 12.5.